The van der Waals surface area contributed by atoms with Crippen LogP contribution >= 0.6 is 11.6 Å². The number of aliphatic hydroxyl groups is 1. The molecule has 0 aliphatic rings. The minimum Gasteiger partial charge on any atom is -0.495 e. The van der Waals surface area contributed by atoms with E-state index >= 15 is 0 Å². The first-order chi connectivity index (χ1) is 9.22. The van der Waals surface area contributed by atoms with Gasteiger partial charge in [0.1, 0.15) is 5.75 Å². The molecule has 8 heteroatoms. The van der Waals surface area contributed by atoms with E-state index in [2.05, 4.69) is 4.74 Å². The smallest absolute Gasteiger partial charge is 0.416 e. The van der Waals surface area contributed by atoms with Gasteiger partial charge in [0, 0.05) is 5.56 Å². The number of esters is 1. The summed E-state index contributed by atoms with van der Waals surface area (Å²) in [6, 6.07) is 1.26. The molecule has 4 nitrogen and oxygen atoms in total. The van der Waals surface area contributed by atoms with Crippen molar-refractivity contribution in [3.8, 4) is 5.75 Å². The quantitative estimate of drug-likeness (QED) is 0.868. The van der Waals surface area contributed by atoms with Gasteiger partial charge in [-0.1, -0.05) is 11.6 Å². The summed E-state index contributed by atoms with van der Waals surface area (Å²) in [5.41, 5.74) is -1.49. The summed E-state index contributed by atoms with van der Waals surface area (Å²) in [6.45, 7) is 1.48. The Balaban J connectivity index is 3.35. The predicted octanol–water partition coefficient (Wildman–Crippen LogP) is 2.96. The number of methoxy groups -OCH3 is 1. The van der Waals surface area contributed by atoms with Gasteiger partial charge in [-0.05, 0) is 19.1 Å². The van der Waals surface area contributed by atoms with Crippen molar-refractivity contribution in [3.05, 3.63) is 28.3 Å². The van der Waals surface area contributed by atoms with Gasteiger partial charge in [-0.25, -0.2) is 4.79 Å². The summed E-state index contributed by atoms with van der Waals surface area (Å²) in [5, 5.41) is 9.41. The summed E-state index contributed by atoms with van der Waals surface area (Å²) in [4.78, 5) is 11.4. The van der Waals surface area contributed by atoms with Gasteiger partial charge in [-0.3, -0.25) is 0 Å². The maximum Gasteiger partial charge on any atom is 0.416 e. The lowest BCUT2D eigenvalue weighted by atomic mass is 10.0. The molecule has 0 fully saturated rings. The van der Waals surface area contributed by atoms with Crippen LogP contribution in [0.4, 0.5) is 13.2 Å². The maximum absolute atomic E-state index is 12.7. The number of benzene rings is 1. The zero-order chi connectivity index (χ0) is 15.5. The molecule has 1 atom stereocenters. The second-order valence-electron chi connectivity index (χ2n) is 3.73. The van der Waals surface area contributed by atoms with Gasteiger partial charge in [0.15, 0.2) is 6.10 Å². The normalized spacial score (nSPS) is 12.9. The molecule has 0 amide bonds. The Bertz CT molecular complexity index is 502. The second kappa shape index (κ2) is 6.32. The highest BCUT2D eigenvalue weighted by Crippen LogP contribution is 2.39. The van der Waals surface area contributed by atoms with Crippen LogP contribution in [0, 0.1) is 0 Å². The lowest BCUT2D eigenvalue weighted by molar-refractivity contribution is -0.153. The highest BCUT2D eigenvalue weighted by molar-refractivity contribution is 6.32. The van der Waals surface area contributed by atoms with Crippen molar-refractivity contribution >= 4 is 17.6 Å². The van der Waals surface area contributed by atoms with E-state index in [0.29, 0.717) is 12.1 Å². The number of alkyl halides is 3. The van der Waals surface area contributed by atoms with E-state index in [4.69, 9.17) is 16.3 Å². The first kappa shape index (κ1) is 16.6. The Morgan fingerprint density at radius 3 is 2.50 bits per heavy atom. The van der Waals surface area contributed by atoms with Gasteiger partial charge in [0.25, 0.3) is 0 Å². The summed E-state index contributed by atoms with van der Waals surface area (Å²) in [6.07, 6.45) is -6.58. The number of ether oxygens (including phenoxy) is 2. The van der Waals surface area contributed by atoms with E-state index in [0.717, 1.165) is 7.11 Å². The molecule has 1 unspecified atom stereocenters. The number of hydrogen-bond acceptors (Lipinski definition) is 4. The number of hydrogen-bond donors (Lipinski definition) is 1. The third kappa shape index (κ3) is 3.55. The van der Waals surface area contributed by atoms with Crippen LogP contribution in [0.2, 0.25) is 5.02 Å². The molecule has 0 radical (unpaired) electrons. The van der Waals surface area contributed by atoms with Crippen LogP contribution in [-0.2, 0) is 15.7 Å². The Morgan fingerprint density at radius 2 is 2.05 bits per heavy atom. The van der Waals surface area contributed by atoms with Gasteiger partial charge >= 0.3 is 12.1 Å². The topological polar surface area (TPSA) is 55.8 Å². The second-order valence-corrected chi connectivity index (χ2v) is 4.14. The number of rotatable bonds is 4. The first-order valence-electron chi connectivity index (χ1n) is 5.51. The van der Waals surface area contributed by atoms with E-state index in [1.807, 2.05) is 0 Å². The Kier molecular flexibility index (Phi) is 5.24. The molecule has 1 N–H and O–H groups in total. The lowest BCUT2D eigenvalue weighted by Crippen LogP contribution is -2.17. The molecule has 0 bridgehead atoms. The van der Waals surface area contributed by atoms with Crippen molar-refractivity contribution in [2.45, 2.75) is 19.2 Å². The van der Waals surface area contributed by atoms with E-state index in [-0.39, 0.29) is 17.4 Å². The van der Waals surface area contributed by atoms with Gasteiger partial charge in [-0.2, -0.15) is 13.2 Å². The molecule has 0 spiro atoms. The fraction of sp³-hybridized carbons (Fsp3) is 0.417. The standard InChI is InChI=1S/C12H12ClF3O4/c1-3-20-11(18)9(17)7-4-6(12(14,15)16)5-8(13)10(7)19-2/h4-5,9,17H,3H2,1-2H3. The monoisotopic (exact) mass is 312 g/mol. The van der Waals surface area contributed by atoms with E-state index < -0.39 is 29.4 Å². The molecule has 0 aliphatic heterocycles. The SMILES string of the molecule is CCOC(=O)C(O)c1cc(C(F)(F)F)cc(Cl)c1OC. The molecule has 112 valence electrons. The lowest BCUT2D eigenvalue weighted by Gasteiger charge is -2.17. The number of carbonyl (C=O) groups excluding carboxylic acids is 1. The summed E-state index contributed by atoms with van der Waals surface area (Å²) in [7, 11) is 1.16. The molecule has 20 heavy (non-hydrogen) atoms. The Morgan fingerprint density at radius 1 is 1.45 bits per heavy atom. The highest BCUT2D eigenvalue weighted by Gasteiger charge is 2.34. The number of carbonyl (C=O) groups is 1. The number of halogens is 4. The van der Waals surface area contributed by atoms with Crippen LogP contribution in [0.15, 0.2) is 12.1 Å². The largest absolute Gasteiger partial charge is 0.495 e. The Labute approximate surface area is 118 Å². The summed E-state index contributed by atoms with van der Waals surface area (Å²) >= 11 is 5.68. The molecule has 0 aromatic heterocycles. The van der Waals surface area contributed by atoms with Crippen molar-refractivity contribution in [2.24, 2.45) is 0 Å². The fourth-order valence-electron chi connectivity index (χ4n) is 1.54. The van der Waals surface area contributed by atoms with Crippen molar-refractivity contribution in [3.63, 3.8) is 0 Å². The van der Waals surface area contributed by atoms with Crippen molar-refractivity contribution < 1.29 is 32.5 Å². The minimum absolute atomic E-state index is 0.0229. The molecule has 1 aromatic rings. The molecular formula is C12H12ClF3O4. The molecule has 1 aromatic carbocycles. The van der Waals surface area contributed by atoms with Crippen molar-refractivity contribution in [1.82, 2.24) is 0 Å². The third-order valence-electron chi connectivity index (χ3n) is 2.41. The molecule has 0 saturated carbocycles. The van der Waals surface area contributed by atoms with Crippen LogP contribution in [0.5, 0.6) is 5.75 Å². The predicted molar refractivity (Wildman–Crippen MR) is 64.6 cm³/mol. The van der Waals surface area contributed by atoms with E-state index in [1.165, 1.54) is 6.92 Å². The van der Waals surface area contributed by atoms with Crippen LogP contribution < -0.4 is 4.74 Å². The van der Waals surface area contributed by atoms with Gasteiger partial charge in [-0.15, -0.1) is 0 Å². The third-order valence-corrected chi connectivity index (χ3v) is 2.69. The molecular weight excluding hydrogens is 301 g/mol. The zero-order valence-electron chi connectivity index (χ0n) is 10.6. The molecule has 1 rings (SSSR count). The van der Waals surface area contributed by atoms with Gasteiger partial charge in [0.05, 0.1) is 24.3 Å². The Hall–Kier alpha value is -1.47. The van der Waals surface area contributed by atoms with Gasteiger partial charge in [0.2, 0.25) is 0 Å². The van der Waals surface area contributed by atoms with Crippen LogP contribution in [0.3, 0.4) is 0 Å². The highest BCUT2D eigenvalue weighted by atomic mass is 35.5. The minimum atomic E-state index is -4.67. The molecule has 0 heterocycles. The summed E-state index contributed by atoms with van der Waals surface area (Å²) in [5.74, 6) is -1.29. The van der Waals surface area contributed by atoms with Crippen molar-refractivity contribution in [1.29, 1.82) is 0 Å². The molecule has 0 saturated heterocycles. The fourth-order valence-corrected chi connectivity index (χ4v) is 1.85. The van der Waals surface area contributed by atoms with Crippen molar-refractivity contribution in [2.75, 3.05) is 13.7 Å². The first-order valence-corrected chi connectivity index (χ1v) is 5.89. The van der Waals surface area contributed by atoms with E-state index in [9.17, 15) is 23.1 Å². The summed E-state index contributed by atoms with van der Waals surface area (Å²) < 4.78 is 47.5. The average Bonchev–Trinajstić information content (AvgIpc) is 2.36. The average molecular weight is 313 g/mol. The van der Waals surface area contributed by atoms with E-state index in [1.54, 1.807) is 0 Å². The maximum atomic E-state index is 12.7. The zero-order valence-corrected chi connectivity index (χ0v) is 11.4. The van der Waals surface area contributed by atoms with Gasteiger partial charge < -0.3 is 14.6 Å². The molecule has 0 aliphatic carbocycles. The van der Waals surface area contributed by atoms with Crippen LogP contribution in [-0.4, -0.2) is 24.8 Å². The van der Waals surface area contributed by atoms with Crippen LogP contribution in [0.1, 0.15) is 24.2 Å². The van der Waals surface area contributed by atoms with Crippen LogP contribution in [0.25, 0.3) is 0 Å². The number of aliphatic hydroxyl groups excluding tert-OH is 1.